The van der Waals surface area contributed by atoms with Gasteiger partial charge in [-0.05, 0) is 37.6 Å². The lowest BCUT2D eigenvalue weighted by Gasteiger charge is -2.26. The number of anilines is 1. The van der Waals surface area contributed by atoms with Crippen LogP contribution in [0.4, 0.5) is 5.82 Å². The molecule has 1 N–H and O–H groups in total. The maximum Gasteiger partial charge on any atom is 0.214 e. The van der Waals surface area contributed by atoms with Gasteiger partial charge in [-0.1, -0.05) is 12.5 Å². The first-order valence-corrected chi connectivity index (χ1v) is 11.0. The molecule has 2 fully saturated rings. The summed E-state index contributed by atoms with van der Waals surface area (Å²) in [6.07, 6.45) is 5.12. The molecule has 0 saturated carbocycles. The summed E-state index contributed by atoms with van der Waals surface area (Å²) in [5, 5.41) is 10.3. The Morgan fingerprint density at radius 3 is 2.54 bits per heavy atom. The lowest BCUT2D eigenvalue weighted by molar-refractivity contribution is 0.157. The molecule has 26 heavy (non-hydrogen) atoms. The van der Waals surface area contributed by atoms with Gasteiger partial charge in [-0.15, -0.1) is 0 Å². The maximum absolute atomic E-state index is 12.1. The number of aromatic nitrogens is 1. The minimum absolute atomic E-state index is 0.0370. The second-order valence-electron chi connectivity index (χ2n) is 7.65. The maximum atomic E-state index is 12.1. The van der Waals surface area contributed by atoms with Crippen LogP contribution >= 0.6 is 0 Å². The van der Waals surface area contributed by atoms with Crippen molar-refractivity contribution in [1.82, 2.24) is 14.2 Å². The molecule has 7 nitrogen and oxygen atoms in total. The SMILES string of the molecule is CN(C)S(=O)(=O)C[C@@H]1CN(c2ccc(CN3CCCCC3)cn2)C[C@@H]1O. The van der Waals surface area contributed by atoms with Crippen LogP contribution in [-0.4, -0.2) is 79.8 Å². The molecule has 0 unspecified atom stereocenters. The number of pyridine rings is 1. The summed E-state index contributed by atoms with van der Waals surface area (Å²) < 4.78 is 25.4. The molecule has 8 heteroatoms. The van der Waals surface area contributed by atoms with Crippen molar-refractivity contribution < 1.29 is 13.5 Å². The standard InChI is InChI=1S/C18H30N4O3S/c1-20(2)26(24,25)14-16-12-22(13-17(16)23)18-7-6-15(10-19-18)11-21-8-4-3-5-9-21/h6-7,10,16-17,23H,3-5,8-9,11-14H2,1-2H3/t16-,17-/m0/s1. The molecule has 0 aliphatic carbocycles. The van der Waals surface area contributed by atoms with Crippen molar-refractivity contribution in [1.29, 1.82) is 0 Å². The zero-order valence-corrected chi connectivity index (χ0v) is 16.5. The molecule has 0 radical (unpaired) electrons. The molecule has 2 aliphatic rings. The highest BCUT2D eigenvalue weighted by Gasteiger charge is 2.35. The molecule has 3 rings (SSSR count). The van der Waals surface area contributed by atoms with Crippen LogP contribution in [0.1, 0.15) is 24.8 Å². The first-order valence-electron chi connectivity index (χ1n) is 9.35. The Bertz CT molecular complexity index is 687. The van der Waals surface area contributed by atoms with E-state index in [1.165, 1.54) is 43.2 Å². The Hall–Kier alpha value is -1.22. The molecule has 0 bridgehead atoms. The fourth-order valence-electron chi connectivity index (χ4n) is 3.70. The number of rotatable bonds is 6. The van der Waals surface area contributed by atoms with E-state index in [1.54, 1.807) is 0 Å². The summed E-state index contributed by atoms with van der Waals surface area (Å²) in [4.78, 5) is 8.99. The second kappa shape index (κ2) is 8.21. The Labute approximate surface area is 156 Å². The van der Waals surface area contributed by atoms with Crippen LogP contribution in [0, 0.1) is 5.92 Å². The van der Waals surface area contributed by atoms with Crippen LogP contribution < -0.4 is 4.90 Å². The third-order valence-corrected chi connectivity index (χ3v) is 7.34. The van der Waals surface area contributed by atoms with Gasteiger partial charge in [-0.2, -0.15) is 0 Å². The number of hydrogen-bond donors (Lipinski definition) is 1. The van der Waals surface area contributed by atoms with Crippen molar-refractivity contribution in [2.75, 3.05) is 50.9 Å². The lowest BCUT2D eigenvalue weighted by Crippen LogP contribution is -2.33. The molecule has 2 atom stereocenters. The van der Waals surface area contributed by atoms with Crippen LogP contribution in [-0.2, 0) is 16.6 Å². The lowest BCUT2D eigenvalue weighted by atomic mass is 10.1. The number of β-amino-alcohol motifs (C(OH)–C–C–N with tert-alkyl or cyclic N) is 1. The van der Waals surface area contributed by atoms with Crippen molar-refractivity contribution in [2.45, 2.75) is 31.9 Å². The van der Waals surface area contributed by atoms with E-state index in [4.69, 9.17) is 0 Å². The van der Waals surface area contributed by atoms with Crippen LogP contribution in [0.2, 0.25) is 0 Å². The largest absolute Gasteiger partial charge is 0.391 e. The Morgan fingerprint density at radius 2 is 1.92 bits per heavy atom. The summed E-state index contributed by atoms with van der Waals surface area (Å²) >= 11 is 0. The minimum Gasteiger partial charge on any atom is -0.391 e. The zero-order chi connectivity index (χ0) is 18.7. The Kier molecular flexibility index (Phi) is 6.17. The van der Waals surface area contributed by atoms with Gasteiger partial charge in [0, 0.05) is 45.8 Å². The fourth-order valence-corrected chi connectivity index (χ4v) is 4.86. The monoisotopic (exact) mass is 382 g/mol. The van der Waals surface area contributed by atoms with Crippen LogP contribution in [0.5, 0.6) is 0 Å². The predicted molar refractivity (Wildman–Crippen MR) is 103 cm³/mol. The van der Waals surface area contributed by atoms with E-state index in [0.29, 0.717) is 13.1 Å². The summed E-state index contributed by atoms with van der Waals surface area (Å²) in [5.74, 6) is 0.471. The van der Waals surface area contributed by atoms with Crippen LogP contribution in [0.25, 0.3) is 0 Å². The van der Waals surface area contributed by atoms with Crippen molar-refractivity contribution in [2.24, 2.45) is 5.92 Å². The van der Waals surface area contributed by atoms with Gasteiger partial charge in [0.15, 0.2) is 0 Å². The molecule has 2 aliphatic heterocycles. The third kappa shape index (κ3) is 4.73. The van der Waals surface area contributed by atoms with E-state index < -0.39 is 16.1 Å². The highest BCUT2D eigenvalue weighted by Crippen LogP contribution is 2.25. The van der Waals surface area contributed by atoms with E-state index in [-0.39, 0.29) is 11.7 Å². The molecular formula is C18H30N4O3S. The van der Waals surface area contributed by atoms with Gasteiger partial charge in [0.25, 0.3) is 0 Å². The van der Waals surface area contributed by atoms with Gasteiger partial charge < -0.3 is 10.0 Å². The van der Waals surface area contributed by atoms with E-state index in [0.717, 1.165) is 25.5 Å². The quantitative estimate of drug-likeness (QED) is 0.783. The van der Waals surface area contributed by atoms with Gasteiger partial charge in [0.2, 0.25) is 10.0 Å². The normalized spacial score (nSPS) is 25.2. The number of nitrogens with zero attached hydrogens (tertiary/aromatic N) is 4. The molecule has 0 amide bonds. The van der Waals surface area contributed by atoms with Crippen LogP contribution in [0.3, 0.4) is 0 Å². The molecule has 0 spiro atoms. The zero-order valence-electron chi connectivity index (χ0n) is 15.7. The first-order chi connectivity index (χ1) is 12.3. The van der Waals surface area contributed by atoms with Gasteiger partial charge in [0.1, 0.15) is 5.82 Å². The van der Waals surface area contributed by atoms with E-state index in [1.807, 2.05) is 17.2 Å². The molecule has 1 aromatic rings. The van der Waals surface area contributed by atoms with Gasteiger partial charge in [-0.25, -0.2) is 17.7 Å². The number of aliphatic hydroxyl groups excluding tert-OH is 1. The number of piperidine rings is 1. The van der Waals surface area contributed by atoms with Crippen molar-refractivity contribution in [3.63, 3.8) is 0 Å². The molecule has 0 aromatic carbocycles. The predicted octanol–water partition coefficient (Wildman–Crippen LogP) is 0.756. The first kappa shape index (κ1) is 19.5. The molecular weight excluding hydrogens is 352 g/mol. The van der Waals surface area contributed by atoms with Gasteiger partial charge >= 0.3 is 0 Å². The van der Waals surface area contributed by atoms with Crippen LogP contribution in [0.15, 0.2) is 18.3 Å². The number of likely N-dealkylation sites (tertiary alicyclic amines) is 1. The summed E-state index contributed by atoms with van der Waals surface area (Å²) in [7, 11) is -0.273. The summed E-state index contributed by atoms with van der Waals surface area (Å²) in [6.45, 7) is 4.17. The molecule has 2 saturated heterocycles. The highest BCUT2D eigenvalue weighted by molar-refractivity contribution is 7.89. The average molecular weight is 383 g/mol. The highest BCUT2D eigenvalue weighted by atomic mass is 32.2. The Balaban J connectivity index is 1.59. The fraction of sp³-hybridized carbons (Fsp3) is 0.722. The van der Waals surface area contributed by atoms with Gasteiger partial charge in [-0.3, -0.25) is 4.90 Å². The molecule has 3 heterocycles. The smallest absolute Gasteiger partial charge is 0.214 e. The Morgan fingerprint density at radius 1 is 1.19 bits per heavy atom. The average Bonchev–Trinajstić information content (AvgIpc) is 2.96. The third-order valence-electron chi connectivity index (χ3n) is 5.38. The second-order valence-corrected chi connectivity index (χ2v) is 9.88. The van der Waals surface area contributed by atoms with Crippen molar-refractivity contribution >= 4 is 15.8 Å². The number of hydrogen-bond acceptors (Lipinski definition) is 6. The number of aliphatic hydroxyl groups is 1. The number of sulfonamides is 1. The van der Waals surface area contributed by atoms with Gasteiger partial charge in [0.05, 0.1) is 11.9 Å². The van der Waals surface area contributed by atoms with E-state index in [9.17, 15) is 13.5 Å². The summed E-state index contributed by atoms with van der Waals surface area (Å²) in [6, 6.07) is 4.07. The van der Waals surface area contributed by atoms with Crippen molar-refractivity contribution in [3.8, 4) is 0 Å². The van der Waals surface area contributed by atoms with E-state index in [2.05, 4.69) is 16.0 Å². The minimum atomic E-state index is -3.32. The molecule has 146 valence electrons. The van der Waals surface area contributed by atoms with E-state index >= 15 is 0 Å². The van der Waals surface area contributed by atoms with Crippen molar-refractivity contribution in [3.05, 3.63) is 23.9 Å². The summed E-state index contributed by atoms with van der Waals surface area (Å²) in [5.41, 5.74) is 1.20. The molecule has 1 aromatic heterocycles. The topological polar surface area (TPSA) is 77.0 Å².